The lowest BCUT2D eigenvalue weighted by molar-refractivity contribution is -0.118. The number of benzene rings is 2. The Balaban J connectivity index is 1.49. The Labute approximate surface area is 159 Å². The van der Waals surface area contributed by atoms with Gasteiger partial charge in [-0.3, -0.25) is 9.59 Å². The van der Waals surface area contributed by atoms with Gasteiger partial charge < -0.3 is 25.4 Å². The van der Waals surface area contributed by atoms with E-state index in [-0.39, 0.29) is 30.7 Å². The summed E-state index contributed by atoms with van der Waals surface area (Å²) in [6.07, 6.45) is -0.711. The van der Waals surface area contributed by atoms with E-state index in [4.69, 9.17) is 21.1 Å². The molecule has 3 amide bonds. The van der Waals surface area contributed by atoms with Gasteiger partial charge in [-0.2, -0.15) is 0 Å². The number of rotatable bonds is 5. The molecular formula is C18H16ClN3O5. The highest BCUT2D eigenvalue weighted by Crippen LogP contribution is 2.36. The molecule has 0 aliphatic carbocycles. The molecule has 140 valence electrons. The molecule has 1 aliphatic heterocycles. The lowest BCUT2D eigenvalue weighted by Gasteiger charge is -2.19. The lowest BCUT2D eigenvalue weighted by atomic mass is 10.2. The largest absolute Gasteiger partial charge is 0.482 e. The smallest absolute Gasteiger partial charge is 0.407 e. The van der Waals surface area contributed by atoms with Crippen LogP contribution in [-0.2, 0) is 20.9 Å². The first-order valence-electron chi connectivity index (χ1n) is 8.02. The summed E-state index contributed by atoms with van der Waals surface area (Å²) in [5.41, 5.74) is 1.57. The third-order valence-corrected chi connectivity index (χ3v) is 3.89. The molecule has 1 aliphatic rings. The predicted octanol–water partition coefficient (Wildman–Crippen LogP) is 2.54. The number of ether oxygens (including phenoxy) is 2. The number of carbonyl (C=O) groups is 3. The van der Waals surface area contributed by atoms with E-state index in [0.29, 0.717) is 17.1 Å². The number of halogens is 1. The number of anilines is 2. The van der Waals surface area contributed by atoms with E-state index < -0.39 is 12.0 Å². The number of alkyl carbamates (subject to hydrolysis) is 1. The van der Waals surface area contributed by atoms with Crippen molar-refractivity contribution in [2.45, 2.75) is 6.61 Å². The summed E-state index contributed by atoms with van der Waals surface area (Å²) in [5.74, 6) is -0.383. The Morgan fingerprint density at radius 1 is 1.22 bits per heavy atom. The molecule has 0 spiro atoms. The zero-order valence-electron chi connectivity index (χ0n) is 14.1. The minimum atomic E-state index is -0.711. The van der Waals surface area contributed by atoms with Crippen LogP contribution in [0.1, 0.15) is 5.56 Å². The van der Waals surface area contributed by atoms with Crippen LogP contribution in [0.5, 0.6) is 5.75 Å². The van der Waals surface area contributed by atoms with Gasteiger partial charge in [0, 0.05) is 6.07 Å². The first-order valence-corrected chi connectivity index (χ1v) is 8.39. The van der Waals surface area contributed by atoms with Gasteiger partial charge in [-0.05, 0) is 11.6 Å². The minimum absolute atomic E-state index is 0.105. The monoisotopic (exact) mass is 389 g/mol. The molecule has 0 unspecified atom stereocenters. The van der Waals surface area contributed by atoms with Crippen LogP contribution in [0.3, 0.4) is 0 Å². The van der Waals surface area contributed by atoms with Crippen molar-refractivity contribution in [3.05, 3.63) is 53.1 Å². The van der Waals surface area contributed by atoms with Gasteiger partial charge in [0.25, 0.3) is 5.91 Å². The fourth-order valence-electron chi connectivity index (χ4n) is 2.32. The molecule has 3 N–H and O–H groups in total. The number of hydrogen-bond donors (Lipinski definition) is 3. The second kappa shape index (κ2) is 8.41. The molecule has 0 saturated heterocycles. The number of amides is 3. The highest BCUT2D eigenvalue weighted by Gasteiger charge is 2.19. The SMILES string of the molecule is O=C(CNC(=O)OCc1ccccc1)Nc1cc2c(cc1Cl)NC(=O)CO2. The zero-order chi connectivity index (χ0) is 19.2. The Morgan fingerprint density at radius 3 is 2.78 bits per heavy atom. The maximum Gasteiger partial charge on any atom is 0.407 e. The third kappa shape index (κ3) is 5.11. The van der Waals surface area contributed by atoms with Crippen molar-refractivity contribution < 1.29 is 23.9 Å². The van der Waals surface area contributed by atoms with Gasteiger partial charge in [0.2, 0.25) is 5.91 Å². The average molecular weight is 390 g/mol. The quantitative estimate of drug-likeness (QED) is 0.728. The average Bonchev–Trinajstić information content (AvgIpc) is 2.66. The maximum absolute atomic E-state index is 12.0. The first kappa shape index (κ1) is 18.5. The van der Waals surface area contributed by atoms with E-state index >= 15 is 0 Å². The molecule has 0 aromatic heterocycles. The summed E-state index contributed by atoms with van der Waals surface area (Å²) in [6, 6.07) is 12.2. The summed E-state index contributed by atoms with van der Waals surface area (Å²) in [5, 5.41) is 7.76. The van der Waals surface area contributed by atoms with Crippen LogP contribution in [0.4, 0.5) is 16.2 Å². The van der Waals surface area contributed by atoms with E-state index in [0.717, 1.165) is 5.56 Å². The van der Waals surface area contributed by atoms with Gasteiger partial charge in [-0.1, -0.05) is 41.9 Å². The summed E-state index contributed by atoms with van der Waals surface area (Å²) in [7, 11) is 0. The Hall–Kier alpha value is -3.26. The molecular weight excluding hydrogens is 374 g/mol. The van der Waals surface area contributed by atoms with Crippen LogP contribution in [0, 0.1) is 0 Å². The van der Waals surface area contributed by atoms with Crippen molar-refractivity contribution in [1.29, 1.82) is 0 Å². The van der Waals surface area contributed by atoms with Crippen molar-refractivity contribution in [3.8, 4) is 5.75 Å². The normalized spacial score (nSPS) is 12.3. The van der Waals surface area contributed by atoms with Crippen LogP contribution >= 0.6 is 11.6 Å². The Morgan fingerprint density at radius 2 is 2.00 bits per heavy atom. The van der Waals surface area contributed by atoms with Crippen LogP contribution in [0.15, 0.2) is 42.5 Å². The molecule has 27 heavy (non-hydrogen) atoms. The third-order valence-electron chi connectivity index (χ3n) is 3.58. The second-order valence-corrected chi connectivity index (χ2v) is 6.04. The molecule has 0 radical (unpaired) electrons. The van der Waals surface area contributed by atoms with Gasteiger partial charge >= 0.3 is 6.09 Å². The highest BCUT2D eigenvalue weighted by atomic mass is 35.5. The van der Waals surface area contributed by atoms with Crippen LogP contribution in [0.2, 0.25) is 5.02 Å². The van der Waals surface area contributed by atoms with Crippen LogP contribution < -0.4 is 20.7 Å². The molecule has 8 nitrogen and oxygen atoms in total. The van der Waals surface area contributed by atoms with Gasteiger partial charge in [0.1, 0.15) is 18.9 Å². The Kier molecular flexibility index (Phi) is 5.77. The predicted molar refractivity (Wildman–Crippen MR) is 98.8 cm³/mol. The molecule has 0 fully saturated rings. The van der Waals surface area contributed by atoms with E-state index in [1.165, 1.54) is 12.1 Å². The van der Waals surface area contributed by atoms with Crippen molar-refractivity contribution in [3.63, 3.8) is 0 Å². The molecule has 3 rings (SSSR count). The maximum atomic E-state index is 12.0. The molecule has 1 heterocycles. The van der Waals surface area contributed by atoms with Gasteiger partial charge in [0.15, 0.2) is 6.61 Å². The van der Waals surface area contributed by atoms with Crippen molar-refractivity contribution in [2.75, 3.05) is 23.8 Å². The summed E-state index contributed by atoms with van der Waals surface area (Å²) in [6.45, 7) is -0.302. The lowest BCUT2D eigenvalue weighted by Crippen LogP contribution is -2.33. The highest BCUT2D eigenvalue weighted by molar-refractivity contribution is 6.34. The van der Waals surface area contributed by atoms with E-state index in [1.807, 2.05) is 30.3 Å². The molecule has 2 aromatic rings. The Bertz CT molecular complexity index is 873. The van der Waals surface area contributed by atoms with Gasteiger partial charge in [-0.25, -0.2) is 4.79 Å². The second-order valence-electron chi connectivity index (χ2n) is 5.63. The number of carbonyl (C=O) groups excluding carboxylic acids is 3. The van der Waals surface area contributed by atoms with E-state index in [1.54, 1.807) is 0 Å². The summed E-state index contributed by atoms with van der Waals surface area (Å²) >= 11 is 6.10. The van der Waals surface area contributed by atoms with Gasteiger partial charge in [0.05, 0.1) is 16.4 Å². The zero-order valence-corrected chi connectivity index (χ0v) is 14.8. The van der Waals surface area contributed by atoms with Crippen molar-refractivity contribution in [1.82, 2.24) is 5.32 Å². The van der Waals surface area contributed by atoms with E-state index in [2.05, 4.69) is 16.0 Å². The molecule has 0 bridgehead atoms. The molecule has 0 atom stereocenters. The topological polar surface area (TPSA) is 106 Å². The first-order chi connectivity index (χ1) is 13.0. The number of fused-ring (bicyclic) bond motifs is 1. The minimum Gasteiger partial charge on any atom is -0.482 e. The fourth-order valence-corrected chi connectivity index (χ4v) is 2.53. The standard InChI is InChI=1S/C18H16ClN3O5/c19-12-6-14-15(26-10-17(24)22-14)7-13(12)21-16(23)8-20-18(25)27-9-11-4-2-1-3-5-11/h1-7H,8-10H2,(H,20,25)(H,21,23)(H,22,24). The number of hydrogen-bond acceptors (Lipinski definition) is 5. The summed E-state index contributed by atoms with van der Waals surface area (Å²) in [4.78, 5) is 35.0. The van der Waals surface area contributed by atoms with E-state index in [9.17, 15) is 14.4 Å². The molecule has 9 heteroatoms. The molecule has 2 aromatic carbocycles. The van der Waals surface area contributed by atoms with Crippen molar-refractivity contribution in [2.24, 2.45) is 0 Å². The van der Waals surface area contributed by atoms with Crippen molar-refractivity contribution >= 4 is 40.9 Å². The molecule has 0 saturated carbocycles. The summed E-state index contributed by atoms with van der Waals surface area (Å²) < 4.78 is 10.3. The fraction of sp³-hybridized carbons (Fsp3) is 0.167. The van der Waals surface area contributed by atoms with Crippen LogP contribution in [-0.4, -0.2) is 31.1 Å². The number of nitrogens with one attached hydrogen (secondary N) is 3. The van der Waals surface area contributed by atoms with Gasteiger partial charge in [-0.15, -0.1) is 0 Å². The van der Waals surface area contributed by atoms with Crippen LogP contribution in [0.25, 0.3) is 0 Å².